The molecule has 0 saturated heterocycles. The summed E-state index contributed by atoms with van der Waals surface area (Å²) in [6.07, 6.45) is 0.975. The number of fused-ring (bicyclic) bond motifs is 3. The molecule has 18 heavy (non-hydrogen) atoms. The molecule has 91 valence electrons. The summed E-state index contributed by atoms with van der Waals surface area (Å²) >= 11 is 0. The molecule has 1 radical (unpaired) electrons. The van der Waals surface area contributed by atoms with Gasteiger partial charge in [0.15, 0.2) is 0 Å². The maximum atomic E-state index is 5.18. The zero-order valence-electron chi connectivity index (χ0n) is 11.1. The first-order valence-corrected chi connectivity index (χ1v) is 5.06. The van der Waals surface area contributed by atoms with Crippen LogP contribution in [0.5, 0.6) is 5.75 Å². The number of hydrogen-bond acceptors (Lipinski definition) is 1. The maximum Gasteiger partial charge on any atom is 3.00 e. The molecule has 2 aromatic carbocycles. The molecule has 0 atom stereocenters. The SMILES string of the molecule is COc1[c-]c2c(cc1)-c1ccccc1C2.[CH3-].[CH3-].[Zr+3]. The molecule has 0 amide bonds. The Morgan fingerprint density at radius 3 is 2.44 bits per heavy atom. The van der Waals surface area contributed by atoms with Crippen molar-refractivity contribution in [2.24, 2.45) is 0 Å². The summed E-state index contributed by atoms with van der Waals surface area (Å²) in [5.74, 6) is 0.821. The summed E-state index contributed by atoms with van der Waals surface area (Å²) in [5, 5.41) is 0. The second-order valence-corrected chi connectivity index (χ2v) is 3.75. The van der Waals surface area contributed by atoms with E-state index in [1.807, 2.05) is 6.07 Å². The van der Waals surface area contributed by atoms with E-state index >= 15 is 0 Å². The van der Waals surface area contributed by atoms with Gasteiger partial charge in [0.2, 0.25) is 0 Å². The third kappa shape index (κ3) is 2.75. The fourth-order valence-corrected chi connectivity index (χ4v) is 2.16. The minimum absolute atomic E-state index is 0. The number of rotatable bonds is 1. The number of methoxy groups -OCH3 is 1. The molecule has 0 aliphatic heterocycles. The summed E-state index contributed by atoms with van der Waals surface area (Å²) in [6.45, 7) is 0. The molecule has 0 saturated carbocycles. The van der Waals surface area contributed by atoms with Gasteiger partial charge in [-0.15, -0.1) is 23.3 Å². The maximum absolute atomic E-state index is 5.18. The van der Waals surface area contributed by atoms with E-state index < -0.39 is 0 Å². The molecule has 2 aromatic rings. The van der Waals surface area contributed by atoms with Crippen LogP contribution in [0.15, 0.2) is 36.4 Å². The van der Waals surface area contributed by atoms with Gasteiger partial charge in [-0.3, -0.25) is 0 Å². The van der Waals surface area contributed by atoms with Gasteiger partial charge >= 0.3 is 26.2 Å². The molecule has 1 aliphatic rings. The standard InChI is InChI=1S/C14H11O.2CH3.Zr/c1-15-12-6-7-14-11(9-12)8-10-4-2-3-5-13(10)14;;;/h2-7H,8H2,1H3;2*1H3;/q3*-1;+3. The van der Waals surface area contributed by atoms with Crippen molar-refractivity contribution in [3.63, 3.8) is 0 Å². The first kappa shape index (κ1) is 17.1. The van der Waals surface area contributed by atoms with Gasteiger partial charge in [0.25, 0.3) is 0 Å². The summed E-state index contributed by atoms with van der Waals surface area (Å²) in [4.78, 5) is 0. The van der Waals surface area contributed by atoms with Crippen LogP contribution in [-0.2, 0) is 32.6 Å². The quantitative estimate of drug-likeness (QED) is 0.617. The van der Waals surface area contributed by atoms with E-state index in [1.54, 1.807) is 7.11 Å². The summed E-state index contributed by atoms with van der Waals surface area (Å²) < 4.78 is 5.18. The molecule has 0 unspecified atom stereocenters. The van der Waals surface area contributed by atoms with Crippen molar-refractivity contribution in [2.45, 2.75) is 6.42 Å². The molecular formula is C16H17OZr. The van der Waals surface area contributed by atoms with Crippen LogP contribution < -0.4 is 4.74 Å². The van der Waals surface area contributed by atoms with Crippen LogP contribution in [0.2, 0.25) is 0 Å². The van der Waals surface area contributed by atoms with Crippen molar-refractivity contribution in [1.29, 1.82) is 0 Å². The van der Waals surface area contributed by atoms with Crippen LogP contribution in [0.25, 0.3) is 11.1 Å². The van der Waals surface area contributed by atoms with E-state index in [4.69, 9.17) is 4.74 Å². The largest absolute Gasteiger partial charge is 3.00 e. The average Bonchev–Trinajstić information content (AvgIpc) is 2.66. The third-order valence-corrected chi connectivity index (χ3v) is 2.90. The molecule has 2 heteroatoms. The van der Waals surface area contributed by atoms with Gasteiger partial charge in [-0.25, -0.2) is 0 Å². The van der Waals surface area contributed by atoms with Crippen molar-refractivity contribution < 1.29 is 30.9 Å². The minimum Gasteiger partial charge on any atom is -0.523 e. The van der Waals surface area contributed by atoms with Crippen molar-refractivity contribution in [2.75, 3.05) is 7.11 Å². The normalized spacial score (nSPS) is 10.1. The minimum atomic E-state index is 0. The third-order valence-electron chi connectivity index (χ3n) is 2.90. The van der Waals surface area contributed by atoms with Crippen LogP contribution in [0.3, 0.4) is 0 Å². The predicted molar refractivity (Wildman–Crippen MR) is 72.9 cm³/mol. The Kier molecular flexibility index (Phi) is 6.56. The second kappa shape index (κ2) is 6.90. The summed E-state index contributed by atoms with van der Waals surface area (Å²) in [7, 11) is 1.68. The molecule has 0 fully saturated rings. The van der Waals surface area contributed by atoms with Crippen LogP contribution in [-0.4, -0.2) is 7.11 Å². The Morgan fingerprint density at radius 2 is 1.72 bits per heavy atom. The van der Waals surface area contributed by atoms with Gasteiger partial charge in [0.1, 0.15) is 0 Å². The number of hydrogen-bond donors (Lipinski definition) is 0. The zero-order chi connectivity index (χ0) is 10.3. The first-order chi connectivity index (χ1) is 7.38. The van der Waals surface area contributed by atoms with Gasteiger partial charge in [-0.05, 0) is 6.42 Å². The van der Waals surface area contributed by atoms with Gasteiger partial charge in [-0.2, -0.15) is 6.07 Å². The van der Waals surface area contributed by atoms with Gasteiger partial charge < -0.3 is 19.6 Å². The molecule has 0 heterocycles. The topological polar surface area (TPSA) is 9.23 Å². The van der Waals surface area contributed by atoms with Crippen molar-refractivity contribution in [1.82, 2.24) is 0 Å². The number of ether oxygens (including phenoxy) is 1. The Balaban J connectivity index is 0.000000963. The summed E-state index contributed by atoms with van der Waals surface area (Å²) in [5.41, 5.74) is 5.27. The fraction of sp³-hybridized carbons (Fsp3) is 0.125. The Hall–Kier alpha value is -0.877. The fourth-order valence-electron chi connectivity index (χ4n) is 2.16. The van der Waals surface area contributed by atoms with Crippen LogP contribution in [0.1, 0.15) is 11.1 Å². The van der Waals surface area contributed by atoms with Crippen molar-refractivity contribution in [3.05, 3.63) is 68.4 Å². The van der Waals surface area contributed by atoms with Crippen LogP contribution in [0, 0.1) is 20.9 Å². The molecular weight excluding hydrogens is 299 g/mol. The van der Waals surface area contributed by atoms with Gasteiger partial charge in [-0.1, -0.05) is 35.4 Å². The monoisotopic (exact) mass is 315 g/mol. The van der Waals surface area contributed by atoms with Crippen LogP contribution in [0.4, 0.5) is 0 Å². The average molecular weight is 317 g/mol. The van der Waals surface area contributed by atoms with Crippen LogP contribution >= 0.6 is 0 Å². The Morgan fingerprint density at radius 1 is 1.00 bits per heavy atom. The second-order valence-electron chi connectivity index (χ2n) is 3.75. The molecule has 1 aliphatic carbocycles. The van der Waals surface area contributed by atoms with E-state index in [0.717, 1.165) is 12.2 Å². The molecule has 3 rings (SSSR count). The molecule has 0 aromatic heterocycles. The van der Waals surface area contributed by atoms with Gasteiger partial charge in [0.05, 0.1) is 7.11 Å². The van der Waals surface area contributed by atoms with E-state index in [-0.39, 0.29) is 41.1 Å². The Labute approximate surface area is 129 Å². The molecule has 1 nitrogen and oxygen atoms in total. The molecule has 0 spiro atoms. The summed E-state index contributed by atoms with van der Waals surface area (Å²) in [6, 6.07) is 15.9. The molecule has 0 N–H and O–H groups in total. The van der Waals surface area contributed by atoms with Crippen molar-refractivity contribution >= 4 is 0 Å². The van der Waals surface area contributed by atoms with E-state index in [0.29, 0.717) is 0 Å². The van der Waals surface area contributed by atoms with E-state index in [1.165, 1.54) is 22.3 Å². The smallest absolute Gasteiger partial charge is 0.523 e. The predicted octanol–water partition coefficient (Wildman–Crippen LogP) is 3.96. The van der Waals surface area contributed by atoms with Crippen molar-refractivity contribution in [3.8, 4) is 16.9 Å². The first-order valence-electron chi connectivity index (χ1n) is 5.06. The number of benzene rings is 2. The molecule has 0 bridgehead atoms. The Bertz CT molecular complexity index is 520. The van der Waals surface area contributed by atoms with E-state index in [2.05, 4.69) is 36.4 Å². The van der Waals surface area contributed by atoms with E-state index in [9.17, 15) is 0 Å². The van der Waals surface area contributed by atoms with Gasteiger partial charge in [0, 0.05) is 5.75 Å². The zero-order valence-corrected chi connectivity index (χ0v) is 13.5.